The maximum Gasteiger partial charge on any atom is 0.343 e. The van der Waals surface area contributed by atoms with Crippen LogP contribution in [0.15, 0.2) is 29.3 Å². The van der Waals surface area contributed by atoms with Gasteiger partial charge in [0.25, 0.3) is 0 Å². The Labute approximate surface area is 138 Å². The van der Waals surface area contributed by atoms with Gasteiger partial charge in [0.05, 0.1) is 6.04 Å². The molecular weight excluding hydrogens is 306 g/mol. The molecule has 1 aliphatic heterocycles. The summed E-state index contributed by atoms with van der Waals surface area (Å²) in [7, 11) is 1.79. The van der Waals surface area contributed by atoms with Crippen LogP contribution in [0.3, 0.4) is 0 Å². The fraction of sp³-hybridized carbons (Fsp3) is 0.500. The van der Waals surface area contributed by atoms with Crippen LogP contribution in [0.5, 0.6) is 0 Å². The van der Waals surface area contributed by atoms with Crippen LogP contribution in [0.2, 0.25) is 0 Å². The molecule has 2 aliphatic rings. The molecule has 1 aliphatic carbocycles. The Morgan fingerprint density at radius 1 is 1.25 bits per heavy atom. The highest BCUT2D eigenvalue weighted by molar-refractivity contribution is 5.52. The molecule has 2 atom stereocenters. The fourth-order valence-electron chi connectivity index (χ4n) is 4.11. The van der Waals surface area contributed by atoms with Gasteiger partial charge in [0, 0.05) is 13.6 Å². The van der Waals surface area contributed by atoms with Gasteiger partial charge in [-0.3, -0.25) is 8.97 Å². The van der Waals surface area contributed by atoms with E-state index in [9.17, 15) is 4.79 Å². The summed E-state index contributed by atoms with van der Waals surface area (Å²) in [6.07, 6.45) is 5.43. The van der Waals surface area contributed by atoms with Crippen molar-refractivity contribution >= 4 is 11.5 Å². The number of rotatable bonds is 3. The largest absolute Gasteiger partial charge is 0.347 e. The molecule has 4 heterocycles. The third-order valence-corrected chi connectivity index (χ3v) is 5.46. The quantitative estimate of drug-likeness (QED) is 0.780. The van der Waals surface area contributed by atoms with E-state index in [1.165, 1.54) is 12.8 Å². The van der Waals surface area contributed by atoms with E-state index >= 15 is 0 Å². The second kappa shape index (κ2) is 4.93. The van der Waals surface area contributed by atoms with Gasteiger partial charge in [-0.1, -0.05) is 6.07 Å². The average molecular weight is 325 g/mol. The molecule has 1 N–H and O–H groups in total. The number of aromatic nitrogens is 6. The third kappa shape index (κ3) is 1.92. The number of hydrogen-bond donors (Lipinski definition) is 1. The normalized spacial score (nSPS) is 24.1. The van der Waals surface area contributed by atoms with Gasteiger partial charge in [0.1, 0.15) is 12.1 Å². The molecule has 3 aromatic heterocycles. The Morgan fingerprint density at radius 3 is 2.88 bits per heavy atom. The van der Waals surface area contributed by atoms with Crippen molar-refractivity contribution in [1.82, 2.24) is 29.4 Å². The van der Waals surface area contributed by atoms with Crippen LogP contribution in [0.25, 0.3) is 5.65 Å². The number of H-pyrrole nitrogens is 1. The van der Waals surface area contributed by atoms with Crippen LogP contribution in [-0.4, -0.2) is 35.9 Å². The summed E-state index contributed by atoms with van der Waals surface area (Å²) >= 11 is 0. The fourth-order valence-corrected chi connectivity index (χ4v) is 4.11. The molecule has 2 fully saturated rings. The molecule has 1 saturated carbocycles. The lowest BCUT2D eigenvalue weighted by Gasteiger charge is -2.29. The Morgan fingerprint density at radius 2 is 2.12 bits per heavy atom. The molecule has 124 valence electrons. The van der Waals surface area contributed by atoms with Crippen LogP contribution in [0.1, 0.15) is 31.1 Å². The summed E-state index contributed by atoms with van der Waals surface area (Å²) in [5.41, 5.74) is 0.672. The van der Waals surface area contributed by atoms with Gasteiger partial charge in [-0.25, -0.2) is 9.89 Å². The maximum atomic E-state index is 11.9. The van der Waals surface area contributed by atoms with E-state index in [0.29, 0.717) is 5.92 Å². The van der Waals surface area contributed by atoms with Gasteiger partial charge in [-0.15, -0.1) is 10.2 Å². The van der Waals surface area contributed by atoms with Crippen molar-refractivity contribution in [1.29, 1.82) is 0 Å². The molecule has 0 spiro atoms. The van der Waals surface area contributed by atoms with Gasteiger partial charge in [0.15, 0.2) is 11.5 Å². The lowest BCUT2D eigenvalue weighted by molar-refractivity contribution is 0.405. The number of aromatic amines is 1. The van der Waals surface area contributed by atoms with Crippen LogP contribution < -0.4 is 10.6 Å². The zero-order valence-electron chi connectivity index (χ0n) is 13.5. The maximum absolute atomic E-state index is 11.9. The topological polar surface area (TPSA) is 84.1 Å². The van der Waals surface area contributed by atoms with E-state index in [4.69, 9.17) is 0 Å². The van der Waals surface area contributed by atoms with Crippen LogP contribution in [0, 0.1) is 11.8 Å². The molecule has 3 aromatic rings. The summed E-state index contributed by atoms with van der Waals surface area (Å²) < 4.78 is 3.65. The predicted octanol–water partition coefficient (Wildman–Crippen LogP) is 1.13. The zero-order chi connectivity index (χ0) is 16.3. The first-order valence-electron chi connectivity index (χ1n) is 8.41. The van der Waals surface area contributed by atoms with E-state index in [2.05, 4.69) is 31.4 Å². The number of nitrogens with one attached hydrogen (secondary N) is 1. The Kier molecular flexibility index (Phi) is 2.83. The second-order valence-electron chi connectivity index (χ2n) is 6.82. The van der Waals surface area contributed by atoms with E-state index in [-0.39, 0.29) is 11.7 Å². The molecule has 0 radical (unpaired) electrons. The summed E-state index contributed by atoms with van der Waals surface area (Å²) in [6.45, 7) is 0.949. The SMILES string of the molecule is Cn1c(C2C(C3CC3)CCN2c2cccc3nncn23)n[nH]c1=O. The third-order valence-electron chi connectivity index (χ3n) is 5.46. The predicted molar refractivity (Wildman–Crippen MR) is 87.7 cm³/mol. The van der Waals surface area contributed by atoms with Crippen molar-refractivity contribution in [2.45, 2.75) is 25.3 Å². The molecule has 1 saturated heterocycles. The van der Waals surface area contributed by atoms with E-state index in [1.807, 2.05) is 16.5 Å². The summed E-state index contributed by atoms with van der Waals surface area (Å²) in [6, 6.07) is 6.15. The van der Waals surface area contributed by atoms with Crippen molar-refractivity contribution in [2.75, 3.05) is 11.4 Å². The lowest BCUT2D eigenvalue weighted by Crippen LogP contribution is -2.30. The van der Waals surface area contributed by atoms with Crippen molar-refractivity contribution < 1.29 is 0 Å². The Balaban J connectivity index is 1.65. The minimum absolute atomic E-state index is 0.106. The number of fused-ring (bicyclic) bond motifs is 1. The highest BCUT2D eigenvalue weighted by Gasteiger charge is 2.46. The number of anilines is 1. The highest BCUT2D eigenvalue weighted by atomic mass is 16.1. The first-order chi connectivity index (χ1) is 11.7. The van der Waals surface area contributed by atoms with Gasteiger partial charge in [0.2, 0.25) is 0 Å². The van der Waals surface area contributed by atoms with Crippen molar-refractivity contribution in [3.63, 3.8) is 0 Å². The molecular formula is C16H19N7O. The minimum atomic E-state index is -0.158. The summed E-state index contributed by atoms with van der Waals surface area (Å²) in [4.78, 5) is 14.3. The van der Waals surface area contributed by atoms with Gasteiger partial charge in [-0.05, 0) is 43.2 Å². The Bertz CT molecular complexity index is 951. The summed E-state index contributed by atoms with van der Waals surface area (Å²) in [5.74, 6) is 3.15. The first-order valence-corrected chi connectivity index (χ1v) is 8.41. The molecule has 2 unspecified atom stereocenters. The van der Waals surface area contributed by atoms with Gasteiger partial charge >= 0.3 is 5.69 Å². The van der Waals surface area contributed by atoms with Crippen molar-refractivity contribution in [2.24, 2.45) is 18.9 Å². The van der Waals surface area contributed by atoms with Gasteiger partial charge in [-0.2, -0.15) is 5.10 Å². The monoisotopic (exact) mass is 325 g/mol. The Hall–Kier alpha value is -2.64. The van der Waals surface area contributed by atoms with Crippen molar-refractivity contribution in [3.8, 4) is 0 Å². The number of hydrogen-bond acceptors (Lipinski definition) is 5. The molecule has 5 rings (SSSR count). The highest BCUT2D eigenvalue weighted by Crippen LogP contribution is 2.50. The molecule has 24 heavy (non-hydrogen) atoms. The molecule has 0 aromatic carbocycles. The van der Waals surface area contributed by atoms with E-state index < -0.39 is 0 Å². The summed E-state index contributed by atoms with van der Waals surface area (Å²) in [5, 5.41) is 15.1. The molecule has 8 nitrogen and oxygen atoms in total. The van der Waals surface area contributed by atoms with Crippen LogP contribution >= 0.6 is 0 Å². The molecule has 0 bridgehead atoms. The molecule has 0 amide bonds. The molecule has 8 heteroatoms. The number of nitrogens with zero attached hydrogens (tertiary/aromatic N) is 6. The zero-order valence-corrected chi connectivity index (χ0v) is 13.5. The first kappa shape index (κ1) is 13.8. The van der Waals surface area contributed by atoms with E-state index in [1.54, 1.807) is 17.9 Å². The smallest absolute Gasteiger partial charge is 0.343 e. The van der Waals surface area contributed by atoms with Crippen molar-refractivity contribution in [3.05, 3.63) is 40.8 Å². The average Bonchev–Trinajstić information content (AvgIpc) is 3.02. The second-order valence-corrected chi connectivity index (χ2v) is 6.82. The number of pyridine rings is 1. The minimum Gasteiger partial charge on any atom is -0.347 e. The van der Waals surface area contributed by atoms with Gasteiger partial charge < -0.3 is 4.90 Å². The van der Waals surface area contributed by atoms with Crippen LogP contribution in [0.4, 0.5) is 5.82 Å². The van der Waals surface area contributed by atoms with E-state index in [0.717, 1.165) is 36.2 Å². The standard InChI is InChI=1S/C16H19N7O/c1-21-15(19-20-16(21)24)14-11(10-5-6-10)7-8-22(14)13-4-2-3-12-18-17-9-23(12)13/h2-4,9-11,14H,5-8H2,1H3,(H,20,24). The lowest BCUT2D eigenvalue weighted by atomic mass is 9.94. The van der Waals surface area contributed by atoms with Crippen LogP contribution in [-0.2, 0) is 7.05 Å².